The van der Waals surface area contributed by atoms with Gasteiger partial charge in [0.2, 0.25) is 0 Å². The molecule has 0 heterocycles. The van der Waals surface area contributed by atoms with Crippen LogP contribution in [0, 0.1) is 3.57 Å². The van der Waals surface area contributed by atoms with E-state index < -0.39 is 0 Å². The molecule has 0 amide bonds. The lowest BCUT2D eigenvalue weighted by Gasteiger charge is -2.05. The molecule has 3 nitrogen and oxygen atoms in total. The summed E-state index contributed by atoms with van der Waals surface area (Å²) in [6.07, 6.45) is 0. The van der Waals surface area contributed by atoms with Crippen LogP contribution >= 0.6 is 22.6 Å². The second-order valence-corrected chi connectivity index (χ2v) is 3.27. The fourth-order valence-corrected chi connectivity index (χ4v) is 1.35. The zero-order valence-corrected chi connectivity index (χ0v) is 8.25. The first-order valence-corrected chi connectivity index (χ1v) is 4.11. The van der Waals surface area contributed by atoms with Crippen LogP contribution in [0.3, 0.4) is 0 Å². The molecule has 0 aliphatic heterocycles. The average Bonchev–Trinajstić information content (AvgIpc) is 1.99. The lowest BCUT2D eigenvalue weighted by atomic mass is 10.2. The molecule has 60 valence electrons. The van der Waals surface area contributed by atoms with Gasteiger partial charge in [-0.15, -0.1) is 0 Å². The summed E-state index contributed by atoms with van der Waals surface area (Å²) in [6, 6.07) is 3.55. The standard InChI is InChI=1S/C7H9IN2O/c1-11-4-2-5(8)7(10)6(9)3-4/h2-3H,9-10H2,1H3. The first kappa shape index (κ1) is 8.45. The van der Waals surface area contributed by atoms with E-state index in [4.69, 9.17) is 16.2 Å². The molecule has 0 bridgehead atoms. The molecule has 0 unspecified atom stereocenters. The highest BCUT2D eigenvalue weighted by atomic mass is 127. The Morgan fingerprint density at radius 3 is 2.45 bits per heavy atom. The fourth-order valence-electron chi connectivity index (χ4n) is 0.731. The molecule has 11 heavy (non-hydrogen) atoms. The molecule has 0 atom stereocenters. The monoisotopic (exact) mass is 264 g/mol. The van der Waals surface area contributed by atoms with Crippen molar-refractivity contribution in [2.75, 3.05) is 18.6 Å². The van der Waals surface area contributed by atoms with Crippen molar-refractivity contribution in [3.05, 3.63) is 15.7 Å². The Balaban J connectivity index is 3.21. The molecule has 1 aromatic rings. The predicted octanol–water partition coefficient (Wildman–Crippen LogP) is 1.46. The molecule has 0 spiro atoms. The van der Waals surface area contributed by atoms with Crippen LogP contribution in [0.4, 0.5) is 11.4 Å². The highest BCUT2D eigenvalue weighted by molar-refractivity contribution is 14.1. The van der Waals surface area contributed by atoms with E-state index in [0.29, 0.717) is 11.4 Å². The molecule has 1 aromatic carbocycles. The first-order chi connectivity index (χ1) is 5.15. The average molecular weight is 264 g/mol. The summed E-state index contributed by atoms with van der Waals surface area (Å²) >= 11 is 2.11. The normalized spacial score (nSPS) is 9.64. The molecule has 0 aliphatic rings. The van der Waals surface area contributed by atoms with Gasteiger partial charge in [0, 0.05) is 9.64 Å². The number of hydrogen-bond acceptors (Lipinski definition) is 3. The summed E-state index contributed by atoms with van der Waals surface area (Å²) in [5, 5.41) is 0. The van der Waals surface area contributed by atoms with Crippen LogP contribution in [-0.2, 0) is 0 Å². The number of methoxy groups -OCH3 is 1. The van der Waals surface area contributed by atoms with Gasteiger partial charge in [-0.1, -0.05) is 0 Å². The van der Waals surface area contributed by atoms with Crippen LogP contribution < -0.4 is 16.2 Å². The van der Waals surface area contributed by atoms with E-state index in [0.717, 1.165) is 9.32 Å². The Hall–Kier alpha value is -0.650. The van der Waals surface area contributed by atoms with Crippen LogP contribution in [0.1, 0.15) is 0 Å². The van der Waals surface area contributed by atoms with Gasteiger partial charge < -0.3 is 16.2 Å². The maximum Gasteiger partial charge on any atom is 0.122 e. The number of benzene rings is 1. The summed E-state index contributed by atoms with van der Waals surface area (Å²) < 4.78 is 5.91. The molecule has 0 saturated carbocycles. The third-order valence-electron chi connectivity index (χ3n) is 1.37. The quantitative estimate of drug-likeness (QED) is 0.596. The molecule has 1 rings (SSSR count). The molecule has 0 fully saturated rings. The summed E-state index contributed by atoms with van der Waals surface area (Å²) in [5.74, 6) is 0.737. The van der Waals surface area contributed by atoms with Crippen LogP contribution in [0.2, 0.25) is 0 Å². The Morgan fingerprint density at radius 2 is 2.00 bits per heavy atom. The number of ether oxygens (including phenoxy) is 1. The van der Waals surface area contributed by atoms with E-state index in [1.807, 2.05) is 6.07 Å². The maximum atomic E-state index is 5.62. The zero-order valence-electron chi connectivity index (χ0n) is 6.10. The Kier molecular flexibility index (Phi) is 2.43. The number of anilines is 2. The Morgan fingerprint density at radius 1 is 1.36 bits per heavy atom. The third kappa shape index (κ3) is 1.68. The lowest BCUT2D eigenvalue weighted by molar-refractivity contribution is 0.415. The number of nitrogen functional groups attached to an aromatic ring is 2. The number of nitrogens with two attached hydrogens (primary N) is 2. The molecular formula is C7H9IN2O. The highest BCUT2D eigenvalue weighted by Gasteiger charge is 2.02. The Bertz CT molecular complexity index is 252. The van der Waals surface area contributed by atoms with Crippen molar-refractivity contribution in [3.63, 3.8) is 0 Å². The van der Waals surface area contributed by atoms with Crippen molar-refractivity contribution in [2.45, 2.75) is 0 Å². The highest BCUT2D eigenvalue weighted by Crippen LogP contribution is 2.27. The number of rotatable bonds is 1. The minimum absolute atomic E-state index is 0.564. The SMILES string of the molecule is COc1cc(N)c(N)c(I)c1. The minimum atomic E-state index is 0.564. The smallest absolute Gasteiger partial charge is 0.122 e. The van der Waals surface area contributed by atoms with Crippen molar-refractivity contribution in [2.24, 2.45) is 0 Å². The van der Waals surface area contributed by atoms with Crippen molar-refractivity contribution < 1.29 is 4.74 Å². The van der Waals surface area contributed by atoms with Crippen molar-refractivity contribution in [1.29, 1.82) is 0 Å². The summed E-state index contributed by atoms with van der Waals surface area (Å²) in [7, 11) is 1.60. The summed E-state index contributed by atoms with van der Waals surface area (Å²) in [4.78, 5) is 0. The van der Waals surface area contributed by atoms with Gasteiger partial charge in [-0.2, -0.15) is 0 Å². The van der Waals surface area contributed by atoms with Crippen LogP contribution in [0.25, 0.3) is 0 Å². The largest absolute Gasteiger partial charge is 0.497 e. The first-order valence-electron chi connectivity index (χ1n) is 3.03. The van der Waals surface area contributed by atoms with Gasteiger partial charge in [-0.3, -0.25) is 0 Å². The molecule has 0 aliphatic carbocycles. The van der Waals surface area contributed by atoms with Crippen molar-refractivity contribution in [1.82, 2.24) is 0 Å². The van der Waals surface area contributed by atoms with E-state index in [-0.39, 0.29) is 0 Å². The van der Waals surface area contributed by atoms with E-state index in [1.54, 1.807) is 13.2 Å². The van der Waals surface area contributed by atoms with Gasteiger partial charge in [-0.05, 0) is 28.7 Å². The van der Waals surface area contributed by atoms with Gasteiger partial charge in [0.15, 0.2) is 0 Å². The molecule has 4 N–H and O–H groups in total. The summed E-state index contributed by atoms with van der Waals surface area (Å²) in [5.41, 5.74) is 12.4. The van der Waals surface area contributed by atoms with Gasteiger partial charge in [0.05, 0.1) is 18.5 Å². The minimum Gasteiger partial charge on any atom is -0.497 e. The zero-order chi connectivity index (χ0) is 8.43. The van der Waals surface area contributed by atoms with Crippen molar-refractivity contribution >= 4 is 34.0 Å². The van der Waals surface area contributed by atoms with Gasteiger partial charge >= 0.3 is 0 Å². The van der Waals surface area contributed by atoms with Crippen molar-refractivity contribution in [3.8, 4) is 5.75 Å². The molecule has 4 heteroatoms. The Labute approximate surface area is 78.9 Å². The summed E-state index contributed by atoms with van der Waals surface area (Å²) in [6.45, 7) is 0. The van der Waals surface area contributed by atoms with Gasteiger partial charge in [0.25, 0.3) is 0 Å². The third-order valence-corrected chi connectivity index (χ3v) is 2.26. The lowest BCUT2D eigenvalue weighted by Crippen LogP contribution is -1.98. The predicted molar refractivity (Wildman–Crippen MR) is 54.5 cm³/mol. The topological polar surface area (TPSA) is 61.3 Å². The maximum absolute atomic E-state index is 5.62. The van der Waals surface area contributed by atoms with E-state index in [2.05, 4.69) is 22.6 Å². The van der Waals surface area contributed by atoms with E-state index >= 15 is 0 Å². The van der Waals surface area contributed by atoms with Crippen LogP contribution in [0.5, 0.6) is 5.75 Å². The van der Waals surface area contributed by atoms with Gasteiger partial charge in [0.1, 0.15) is 5.75 Å². The number of halogens is 1. The van der Waals surface area contributed by atoms with Crippen LogP contribution in [-0.4, -0.2) is 7.11 Å². The fraction of sp³-hybridized carbons (Fsp3) is 0.143. The molecule has 0 saturated heterocycles. The molecular weight excluding hydrogens is 255 g/mol. The number of hydrogen-bond donors (Lipinski definition) is 2. The van der Waals surface area contributed by atoms with E-state index in [1.165, 1.54) is 0 Å². The molecule has 0 radical (unpaired) electrons. The second kappa shape index (κ2) is 3.17. The molecule has 0 aromatic heterocycles. The second-order valence-electron chi connectivity index (χ2n) is 2.11. The van der Waals surface area contributed by atoms with Crippen LogP contribution in [0.15, 0.2) is 12.1 Å². The van der Waals surface area contributed by atoms with Gasteiger partial charge in [-0.25, -0.2) is 0 Å². The van der Waals surface area contributed by atoms with E-state index in [9.17, 15) is 0 Å².